The molecule has 0 unspecified atom stereocenters. The van der Waals surface area contributed by atoms with Crippen molar-refractivity contribution in [2.45, 2.75) is 63.8 Å². The summed E-state index contributed by atoms with van der Waals surface area (Å²) >= 11 is 1.67. The van der Waals surface area contributed by atoms with Gasteiger partial charge in [0.25, 0.3) is 5.91 Å². The lowest BCUT2D eigenvalue weighted by atomic mass is 9.91. The molecule has 0 radical (unpaired) electrons. The number of thioether (sulfide) groups is 1. The van der Waals surface area contributed by atoms with Gasteiger partial charge in [-0.3, -0.25) is 14.4 Å². The van der Waals surface area contributed by atoms with Crippen LogP contribution in [0.15, 0.2) is 77.7 Å². The number of amides is 2. The van der Waals surface area contributed by atoms with Crippen LogP contribution in [0.4, 0.5) is 11.4 Å². The van der Waals surface area contributed by atoms with Crippen LogP contribution in [0, 0.1) is 5.92 Å². The molecule has 42 heavy (non-hydrogen) atoms. The van der Waals surface area contributed by atoms with Gasteiger partial charge in [-0.05, 0) is 54.4 Å². The van der Waals surface area contributed by atoms with Gasteiger partial charge in [-0.2, -0.15) is 0 Å². The molecule has 0 aliphatic carbocycles. The summed E-state index contributed by atoms with van der Waals surface area (Å²) in [5, 5.41) is 15.0. The van der Waals surface area contributed by atoms with E-state index < -0.39 is 24.3 Å². The monoisotopic (exact) mass is 592 g/mol. The van der Waals surface area contributed by atoms with E-state index in [-0.39, 0.29) is 30.6 Å². The molecule has 10 heteroatoms. The van der Waals surface area contributed by atoms with Crippen LogP contribution in [-0.2, 0) is 35.2 Å². The zero-order valence-corrected chi connectivity index (χ0v) is 24.9. The second kappa shape index (κ2) is 14.5. The number of hydrogen-bond acceptors (Lipinski definition) is 8. The van der Waals surface area contributed by atoms with Crippen LogP contribution in [0.5, 0.6) is 0 Å². The molecule has 1 aliphatic heterocycles. The molecule has 1 fully saturated rings. The summed E-state index contributed by atoms with van der Waals surface area (Å²) in [5.41, 5.74) is 3.91. The van der Waals surface area contributed by atoms with E-state index in [2.05, 4.69) is 17.6 Å². The van der Waals surface area contributed by atoms with Gasteiger partial charge in [-0.25, -0.2) is 0 Å². The summed E-state index contributed by atoms with van der Waals surface area (Å²) in [5.74, 6) is -0.368. The number of anilines is 2. The molecule has 2 amide bonds. The normalized spacial score (nSPS) is 20.8. The maximum absolute atomic E-state index is 12.3. The van der Waals surface area contributed by atoms with Gasteiger partial charge in [-0.15, -0.1) is 11.8 Å². The first-order valence-electron chi connectivity index (χ1n) is 13.7. The molecule has 0 aromatic heterocycles. The van der Waals surface area contributed by atoms with Gasteiger partial charge in [0.2, 0.25) is 5.91 Å². The third-order valence-corrected chi connectivity index (χ3v) is 7.98. The highest BCUT2D eigenvalue weighted by atomic mass is 32.2. The molecule has 222 valence electrons. The predicted octanol–water partition coefficient (Wildman–Crippen LogP) is 5.61. The van der Waals surface area contributed by atoms with E-state index >= 15 is 0 Å². The number of esters is 1. The Kier molecular flexibility index (Phi) is 10.8. The summed E-state index contributed by atoms with van der Waals surface area (Å²) in [6.07, 6.45) is -1.98. The summed E-state index contributed by atoms with van der Waals surface area (Å²) in [4.78, 5) is 35.9. The Morgan fingerprint density at radius 2 is 1.48 bits per heavy atom. The van der Waals surface area contributed by atoms with Gasteiger partial charge >= 0.3 is 5.97 Å². The Hall–Kier alpha value is -3.70. The number of aliphatic hydroxyl groups is 1. The Bertz CT molecular complexity index is 1360. The van der Waals surface area contributed by atoms with E-state index in [4.69, 9.17) is 14.2 Å². The first-order valence-corrected chi connectivity index (χ1v) is 14.7. The smallest absolute Gasteiger partial charge is 0.303 e. The zero-order valence-electron chi connectivity index (χ0n) is 24.0. The zero-order chi connectivity index (χ0) is 30.2. The number of nitrogens with one attached hydrogen (secondary N) is 2. The van der Waals surface area contributed by atoms with Gasteiger partial charge in [0.05, 0.1) is 18.8 Å². The van der Waals surface area contributed by atoms with Crippen molar-refractivity contribution >= 4 is 40.9 Å². The second-order valence-corrected chi connectivity index (χ2v) is 11.3. The number of aliphatic hydroxyl groups excluding tert-OH is 1. The highest BCUT2D eigenvalue weighted by Gasteiger charge is 2.38. The minimum Gasteiger partial charge on any atom is -0.453 e. The van der Waals surface area contributed by atoms with Crippen molar-refractivity contribution in [1.29, 1.82) is 0 Å². The average Bonchev–Trinajstić information content (AvgIpc) is 2.97. The molecular formula is C32H36N2O7S. The van der Waals surface area contributed by atoms with Crippen LogP contribution in [0.3, 0.4) is 0 Å². The van der Waals surface area contributed by atoms with Crippen molar-refractivity contribution in [1.82, 2.24) is 0 Å². The number of rotatable bonds is 10. The van der Waals surface area contributed by atoms with Crippen molar-refractivity contribution in [3.8, 4) is 0 Å². The van der Waals surface area contributed by atoms with E-state index in [0.717, 1.165) is 27.3 Å². The summed E-state index contributed by atoms with van der Waals surface area (Å²) < 4.78 is 17.9. The Balaban J connectivity index is 1.50. The lowest BCUT2D eigenvalue weighted by Gasteiger charge is -2.41. The minimum absolute atomic E-state index is 0.0219. The van der Waals surface area contributed by atoms with Crippen LogP contribution in [0.25, 0.3) is 0 Å². The number of benzene rings is 3. The van der Waals surface area contributed by atoms with Crippen LogP contribution in [-0.4, -0.2) is 40.9 Å². The standard InChI is InChI=1S/C32H36N2O7S/c1-19-29(18-42-28-15-13-26(14-16-28)33-21(3)36)40-32(41-30(19)24-7-5-23(17-35)6-8-24)25-9-11-27(12-10-25)34-31(38)20(2)39-22(4)37/h5-16,19-20,29-30,32,35H,17-18H2,1-4H3,(H,33,36)(H,34,38)/t19-,20-,29+,30+,32+/m0/s1. The van der Waals surface area contributed by atoms with Gasteiger partial charge in [-0.1, -0.05) is 43.3 Å². The number of carbonyl (C=O) groups is 3. The predicted molar refractivity (Wildman–Crippen MR) is 161 cm³/mol. The van der Waals surface area contributed by atoms with Crippen molar-refractivity contribution in [2.75, 3.05) is 16.4 Å². The number of carbonyl (C=O) groups excluding carboxylic acids is 3. The SMILES string of the molecule is CC(=O)Nc1ccc(SC[C@H]2O[C@@H](c3ccc(NC(=O)[C@H](C)OC(C)=O)cc3)O[C@@H](c3ccc(CO)cc3)[C@H]2C)cc1. The lowest BCUT2D eigenvalue weighted by molar-refractivity contribution is -0.268. The third kappa shape index (κ3) is 8.42. The fraction of sp³-hybridized carbons (Fsp3) is 0.344. The Morgan fingerprint density at radius 3 is 2.07 bits per heavy atom. The van der Waals surface area contributed by atoms with Crippen LogP contribution >= 0.6 is 11.8 Å². The second-order valence-electron chi connectivity index (χ2n) is 10.2. The quantitative estimate of drug-likeness (QED) is 0.205. The van der Waals surface area contributed by atoms with E-state index in [1.54, 1.807) is 23.9 Å². The van der Waals surface area contributed by atoms with Crippen molar-refractivity contribution in [3.05, 3.63) is 89.5 Å². The van der Waals surface area contributed by atoms with Crippen molar-refractivity contribution in [3.63, 3.8) is 0 Å². The molecular weight excluding hydrogens is 556 g/mol. The summed E-state index contributed by atoms with van der Waals surface area (Å²) in [6.45, 7) is 6.32. The maximum atomic E-state index is 12.3. The van der Waals surface area contributed by atoms with E-state index in [0.29, 0.717) is 11.4 Å². The molecule has 9 nitrogen and oxygen atoms in total. The van der Waals surface area contributed by atoms with Crippen LogP contribution in [0.2, 0.25) is 0 Å². The Morgan fingerprint density at radius 1 is 0.881 bits per heavy atom. The van der Waals surface area contributed by atoms with Gasteiger partial charge < -0.3 is 30.0 Å². The maximum Gasteiger partial charge on any atom is 0.303 e. The molecule has 3 N–H and O–H groups in total. The van der Waals surface area contributed by atoms with Crippen LogP contribution < -0.4 is 10.6 Å². The fourth-order valence-electron chi connectivity index (χ4n) is 4.60. The van der Waals surface area contributed by atoms with E-state index in [1.165, 1.54) is 20.8 Å². The average molecular weight is 593 g/mol. The van der Waals surface area contributed by atoms with Crippen LogP contribution in [0.1, 0.15) is 56.8 Å². The molecule has 1 heterocycles. The first kappa shape index (κ1) is 31.2. The van der Waals surface area contributed by atoms with E-state index in [9.17, 15) is 19.5 Å². The summed E-state index contributed by atoms with van der Waals surface area (Å²) in [7, 11) is 0. The van der Waals surface area contributed by atoms with Crippen molar-refractivity contribution in [2.24, 2.45) is 5.92 Å². The number of ether oxygens (including phenoxy) is 3. The molecule has 3 aromatic rings. The van der Waals surface area contributed by atoms with Crippen molar-refractivity contribution < 1.29 is 33.7 Å². The number of hydrogen-bond donors (Lipinski definition) is 3. The summed E-state index contributed by atoms with van der Waals surface area (Å²) in [6, 6.07) is 22.6. The highest BCUT2D eigenvalue weighted by molar-refractivity contribution is 7.99. The highest BCUT2D eigenvalue weighted by Crippen LogP contribution is 2.43. The molecule has 3 aromatic carbocycles. The lowest BCUT2D eigenvalue weighted by Crippen LogP contribution is -2.38. The molecule has 5 atom stereocenters. The molecule has 0 saturated carbocycles. The minimum atomic E-state index is -0.911. The third-order valence-electron chi connectivity index (χ3n) is 6.87. The first-order chi connectivity index (χ1) is 20.1. The van der Waals surface area contributed by atoms with Gasteiger partial charge in [0.1, 0.15) is 0 Å². The molecule has 4 rings (SSSR count). The molecule has 1 saturated heterocycles. The molecule has 0 bridgehead atoms. The molecule has 1 aliphatic rings. The van der Waals surface area contributed by atoms with E-state index in [1.807, 2.05) is 60.7 Å². The van der Waals surface area contributed by atoms with Gasteiger partial charge in [0, 0.05) is 47.4 Å². The fourth-order valence-corrected chi connectivity index (χ4v) is 5.66. The van der Waals surface area contributed by atoms with Gasteiger partial charge in [0.15, 0.2) is 12.4 Å². The Labute approximate surface area is 249 Å². The molecule has 0 spiro atoms. The topological polar surface area (TPSA) is 123 Å². The largest absolute Gasteiger partial charge is 0.453 e.